The fraction of sp³-hybridized carbons (Fsp3) is 0.500. The molecule has 0 fully saturated rings. The van der Waals surface area contributed by atoms with Crippen LogP contribution in [0.4, 0.5) is 0 Å². The van der Waals surface area contributed by atoms with E-state index in [1.165, 1.54) is 23.3 Å². The molecule has 0 saturated carbocycles. The summed E-state index contributed by atoms with van der Waals surface area (Å²) in [5.41, 5.74) is 3.94. The lowest BCUT2D eigenvalue weighted by Crippen LogP contribution is -2.17. The summed E-state index contributed by atoms with van der Waals surface area (Å²) < 4.78 is 7.13. The normalized spacial score (nSPS) is 11.0. The second-order valence-electron chi connectivity index (χ2n) is 4.22. The van der Waals surface area contributed by atoms with Gasteiger partial charge in [-0.25, -0.2) is 0 Å². The van der Waals surface area contributed by atoms with E-state index in [0.717, 1.165) is 19.5 Å². The second-order valence-corrected chi connectivity index (χ2v) is 4.22. The molecule has 0 spiro atoms. The molecule has 92 valence electrons. The van der Waals surface area contributed by atoms with Crippen molar-refractivity contribution < 1.29 is 4.52 Å². The maximum absolute atomic E-state index is 4.93. The summed E-state index contributed by atoms with van der Waals surface area (Å²) in [5, 5.41) is 6.95. The van der Waals surface area contributed by atoms with Crippen LogP contribution in [-0.4, -0.2) is 21.3 Å². The molecule has 0 aliphatic carbocycles. The van der Waals surface area contributed by atoms with Crippen LogP contribution in [0, 0.1) is 13.8 Å². The van der Waals surface area contributed by atoms with Gasteiger partial charge in [-0.3, -0.25) is 0 Å². The molecule has 0 bridgehead atoms. The summed E-state index contributed by atoms with van der Waals surface area (Å²) in [4.78, 5) is 3.97. The SMILES string of the molecule is Cc1cc(CNCCc2ncno2)c(C)n1C. The zero-order valence-electron chi connectivity index (χ0n) is 10.5. The Kier molecular flexibility index (Phi) is 3.58. The van der Waals surface area contributed by atoms with E-state index in [1.54, 1.807) is 0 Å². The van der Waals surface area contributed by atoms with Gasteiger partial charge in [0.05, 0.1) is 0 Å². The molecule has 5 nitrogen and oxygen atoms in total. The fourth-order valence-corrected chi connectivity index (χ4v) is 1.84. The molecule has 2 aromatic heterocycles. The van der Waals surface area contributed by atoms with Crippen molar-refractivity contribution in [2.24, 2.45) is 7.05 Å². The number of hydrogen-bond donors (Lipinski definition) is 1. The highest BCUT2D eigenvalue weighted by atomic mass is 16.5. The number of hydrogen-bond acceptors (Lipinski definition) is 4. The summed E-state index contributed by atoms with van der Waals surface area (Å²) in [5.74, 6) is 0.679. The van der Waals surface area contributed by atoms with Gasteiger partial charge in [0, 0.05) is 37.9 Å². The first-order chi connectivity index (χ1) is 8.18. The third-order valence-electron chi connectivity index (χ3n) is 3.12. The summed E-state index contributed by atoms with van der Waals surface area (Å²) in [6, 6.07) is 2.22. The van der Waals surface area contributed by atoms with Crippen LogP contribution in [0.3, 0.4) is 0 Å². The van der Waals surface area contributed by atoms with Crippen LogP contribution in [0.5, 0.6) is 0 Å². The van der Waals surface area contributed by atoms with Crippen LogP contribution < -0.4 is 5.32 Å². The fourth-order valence-electron chi connectivity index (χ4n) is 1.84. The molecule has 2 aromatic rings. The average Bonchev–Trinajstić information content (AvgIpc) is 2.90. The molecule has 0 saturated heterocycles. The minimum Gasteiger partial charge on any atom is -0.352 e. The molecule has 0 aliphatic rings. The minimum absolute atomic E-state index is 0.679. The zero-order valence-corrected chi connectivity index (χ0v) is 10.5. The van der Waals surface area contributed by atoms with Gasteiger partial charge in [0.2, 0.25) is 5.89 Å². The van der Waals surface area contributed by atoms with Gasteiger partial charge in [-0.1, -0.05) is 5.16 Å². The van der Waals surface area contributed by atoms with E-state index in [-0.39, 0.29) is 0 Å². The number of aromatic nitrogens is 3. The predicted octanol–water partition coefficient (Wildman–Crippen LogP) is 1.36. The van der Waals surface area contributed by atoms with E-state index < -0.39 is 0 Å². The standard InChI is InChI=1S/C12H18N4O/c1-9-6-11(10(2)16(9)3)7-13-5-4-12-14-8-15-17-12/h6,8,13H,4-5,7H2,1-3H3. The highest BCUT2D eigenvalue weighted by molar-refractivity contribution is 5.26. The monoisotopic (exact) mass is 234 g/mol. The lowest BCUT2D eigenvalue weighted by molar-refractivity contribution is 0.375. The first kappa shape index (κ1) is 11.9. The van der Waals surface area contributed by atoms with Crippen molar-refractivity contribution >= 4 is 0 Å². The molecule has 0 unspecified atom stereocenters. The van der Waals surface area contributed by atoms with Crippen LogP contribution in [0.1, 0.15) is 22.8 Å². The molecule has 2 heterocycles. The number of nitrogens with one attached hydrogen (secondary N) is 1. The highest BCUT2D eigenvalue weighted by Gasteiger charge is 2.05. The molecule has 0 amide bonds. The predicted molar refractivity (Wildman–Crippen MR) is 64.6 cm³/mol. The molecule has 0 radical (unpaired) electrons. The lowest BCUT2D eigenvalue weighted by Gasteiger charge is -2.04. The van der Waals surface area contributed by atoms with Crippen LogP contribution in [0.15, 0.2) is 16.9 Å². The minimum atomic E-state index is 0.679. The van der Waals surface area contributed by atoms with Gasteiger partial charge in [0.1, 0.15) is 0 Å². The van der Waals surface area contributed by atoms with Crippen molar-refractivity contribution in [2.75, 3.05) is 6.54 Å². The molecule has 0 aliphatic heterocycles. The molecular formula is C12H18N4O. The van der Waals surface area contributed by atoms with Gasteiger partial charge >= 0.3 is 0 Å². The third kappa shape index (κ3) is 2.74. The number of aryl methyl sites for hydroxylation is 1. The largest absolute Gasteiger partial charge is 0.352 e. The van der Waals surface area contributed by atoms with E-state index in [4.69, 9.17) is 4.52 Å². The molecule has 2 rings (SSSR count). The maximum Gasteiger partial charge on any atom is 0.227 e. The molecule has 0 atom stereocenters. The Labute approximate surface area is 101 Å². The van der Waals surface area contributed by atoms with Gasteiger partial charge in [-0.05, 0) is 25.5 Å². The Hall–Kier alpha value is -1.62. The third-order valence-corrected chi connectivity index (χ3v) is 3.12. The van der Waals surface area contributed by atoms with Crippen molar-refractivity contribution in [3.8, 4) is 0 Å². The summed E-state index contributed by atoms with van der Waals surface area (Å²) in [6.45, 7) is 5.98. The zero-order chi connectivity index (χ0) is 12.3. The van der Waals surface area contributed by atoms with Gasteiger partial charge < -0.3 is 14.4 Å². The Morgan fingerprint density at radius 2 is 2.24 bits per heavy atom. The second kappa shape index (κ2) is 5.14. The highest BCUT2D eigenvalue weighted by Crippen LogP contribution is 2.12. The number of nitrogens with zero attached hydrogens (tertiary/aromatic N) is 3. The van der Waals surface area contributed by atoms with Crippen molar-refractivity contribution in [1.29, 1.82) is 0 Å². The molecule has 0 aromatic carbocycles. The van der Waals surface area contributed by atoms with Crippen LogP contribution in [0.2, 0.25) is 0 Å². The molecule has 1 N–H and O–H groups in total. The van der Waals surface area contributed by atoms with Crippen LogP contribution >= 0.6 is 0 Å². The van der Waals surface area contributed by atoms with Gasteiger partial charge in [0.25, 0.3) is 0 Å². The van der Waals surface area contributed by atoms with E-state index in [2.05, 4.69) is 47.0 Å². The van der Waals surface area contributed by atoms with Crippen molar-refractivity contribution in [3.63, 3.8) is 0 Å². The smallest absolute Gasteiger partial charge is 0.227 e. The van der Waals surface area contributed by atoms with Gasteiger partial charge in [-0.2, -0.15) is 4.98 Å². The first-order valence-electron chi connectivity index (χ1n) is 5.76. The summed E-state index contributed by atoms with van der Waals surface area (Å²) in [6.07, 6.45) is 2.20. The quantitative estimate of drug-likeness (QED) is 0.794. The number of rotatable bonds is 5. The Morgan fingerprint density at radius 3 is 2.82 bits per heavy atom. The Morgan fingerprint density at radius 1 is 1.41 bits per heavy atom. The van der Waals surface area contributed by atoms with Gasteiger partial charge in [0.15, 0.2) is 6.33 Å². The first-order valence-corrected chi connectivity index (χ1v) is 5.76. The summed E-state index contributed by atoms with van der Waals surface area (Å²) in [7, 11) is 2.09. The van der Waals surface area contributed by atoms with E-state index in [9.17, 15) is 0 Å². The Bertz CT molecular complexity index is 473. The van der Waals surface area contributed by atoms with Gasteiger partial charge in [-0.15, -0.1) is 0 Å². The van der Waals surface area contributed by atoms with Crippen LogP contribution in [0.25, 0.3) is 0 Å². The van der Waals surface area contributed by atoms with E-state index >= 15 is 0 Å². The molecule has 5 heteroatoms. The molecule has 17 heavy (non-hydrogen) atoms. The Balaban J connectivity index is 1.80. The summed E-state index contributed by atoms with van der Waals surface area (Å²) >= 11 is 0. The van der Waals surface area contributed by atoms with Crippen molar-refractivity contribution in [3.05, 3.63) is 35.2 Å². The maximum atomic E-state index is 4.93. The topological polar surface area (TPSA) is 55.9 Å². The van der Waals surface area contributed by atoms with Crippen molar-refractivity contribution in [2.45, 2.75) is 26.8 Å². The van der Waals surface area contributed by atoms with E-state index in [1.807, 2.05) is 0 Å². The van der Waals surface area contributed by atoms with Crippen LogP contribution in [-0.2, 0) is 20.0 Å². The lowest BCUT2D eigenvalue weighted by atomic mass is 10.2. The molecular weight excluding hydrogens is 216 g/mol. The average molecular weight is 234 g/mol. The van der Waals surface area contributed by atoms with Crippen molar-refractivity contribution in [1.82, 2.24) is 20.0 Å². The van der Waals surface area contributed by atoms with E-state index in [0.29, 0.717) is 5.89 Å².